The van der Waals surface area contributed by atoms with Crippen molar-refractivity contribution in [2.75, 3.05) is 32.6 Å². The molecule has 6 aromatic rings. The summed E-state index contributed by atoms with van der Waals surface area (Å²) in [7, 11) is 2.66. The Kier molecular flexibility index (Phi) is 13.4. The number of amides is 2. The summed E-state index contributed by atoms with van der Waals surface area (Å²) < 4.78 is 22.8. The molecule has 18 heteroatoms. The van der Waals surface area contributed by atoms with Gasteiger partial charge in [-0.15, -0.1) is 12.4 Å². The fourth-order valence-electron chi connectivity index (χ4n) is 6.39. The number of nitrogens with one attached hydrogen (secondary N) is 5. The van der Waals surface area contributed by atoms with Crippen molar-refractivity contribution in [2.24, 2.45) is 5.73 Å². The first kappa shape index (κ1) is 42.7. The van der Waals surface area contributed by atoms with Crippen LogP contribution in [0.4, 0.5) is 10.2 Å². The molecule has 6 heterocycles. The zero-order valence-electron chi connectivity index (χ0n) is 32.7. The van der Waals surface area contributed by atoms with Gasteiger partial charge in [-0.25, -0.2) is 24.7 Å². The third-order valence-electron chi connectivity index (χ3n) is 9.35. The van der Waals surface area contributed by atoms with Crippen molar-refractivity contribution in [1.82, 2.24) is 40.5 Å². The van der Waals surface area contributed by atoms with Crippen LogP contribution in [0.3, 0.4) is 0 Å². The van der Waals surface area contributed by atoms with Crippen molar-refractivity contribution in [2.45, 2.75) is 52.6 Å². The number of hydrogen-bond acceptors (Lipinski definition) is 12. The molecule has 0 bridgehead atoms. The van der Waals surface area contributed by atoms with Gasteiger partial charge in [0.25, 0.3) is 11.8 Å². The third-order valence-corrected chi connectivity index (χ3v) is 9.35. The summed E-state index contributed by atoms with van der Waals surface area (Å²) in [5.41, 5.74) is 14.9. The van der Waals surface area contributed by atoms with Gasteiger partial charge in [0.05, 0.1) is 47.8 Å². The molecule has 0 radical (unpaired) electrons. The van der Waals surface area contributed by atoms with Gasteiger partial charge in [-0.05, 0) is 52.0 Å². The molecular weight excluding hydrogens is 771 g/mol. The summed E-state index contributed by atoms with van der Waals surface area (Å²) in [6, 6.07) is 13.8. The van der Waals surface area contributed by atoms with E-state index in [2.05, 4.69) is 45.6 Å². The topological polar surface area (TPSA) is 232 Å². The minimum Gasteiger partial charge on any atom is -0.468 e. The molecule has 16 nitrogen and oxygen atoms in total. The highest BCUT2D eigenvalue weighted by Gasteiger charge is 2.23. The van der Waals surface area contributed by atoms with Crippen molar-refractivity contribution in [3.05, 3.63) is 88.4 Å². The Bertz CT molecular complexity index is 2520. The van der Waals surface area contributed by atoms with Crippen LogP contribution < -0.4 is 21.7 Å². The average molecular weight is 815 g/mol. The summed E-state index contributed by atoms with van der Waals surface area (Å²) in [6.07, 6.45) is 1.52. The number of aromatic nitrogens is 6. The average Bonchev–Trinajstić information content (AvgIpc) is 3.85. The van der Waals surface area contributed by atoms with Crippen LogP contribution in [0, 0.1) is 19.8 Å². The number of H-pyrrole nitrogens is 2. The van der Waals surface area contributed by atoms with Crippen molar-refractivity contribution in [1.29, 1.82) is 0 Å². The summed E-state index contributed by atoms with van der Waals surface area (Å²) in [5.74, 6) is -0.962. The fraction of sp³-hybridized carbons (Fsp3) is 0.300. The van der Waals surface area contributed by atoms with E-state index in [0.29, 0.717) is 52.3 Å². The molecule has 2 amide bonds. The molecule has 0 saturated carbocycles. The van der Waals surface area contributed by atoms with Gasteiger partial charge in [0.2, 0.25) is 5.95 Å². The Morgan fingerprint density at radius 3 is 1.67 bits per heavy atom. The Labute approximate surface area is 338 Å². The molecule has 0 spiro atoms. The number of nitrogens with zero attached hydrogens (tertiary/aromatic N) is 4. The van der Waals surface area contributed by atoms with Gasteiger partial charge >= 0.3 is 11.9 Å². The summed E-state index contributed by atoms with van der Waals surface area (Å²) in [4.78, 5) is 70.1. The Hall–Kier alpha value is -6.46. The quantitative estimate of drug-likeness (QED) is 0.128. The SMILES string of the molecule is COC(=O)[C@@H](C)N.COC(=O)[C@@H](C)Nc1nc2c(-c3cc4c([nH]3)CCNC4=O)cccc2nc1C.Cc1nc2cccc(-c3cc4c([nH]3)CCNC4=O)c2nc1F.Cl. The van der Waals surface area contributed by atoms with Crippen LogP contribution in [-0.4, -0.2) is 93.0 Å². The van der Waals surface area contributed by atoms with Crippen molar-refractivity contribution < 1.29 is 33.0 Å². The van der Waals surface area contributed by atoms with E-state index in [9.17, 15) is 23.6 Å². The lowest BCUT2D eigenvalue weighted by molar-refractivity contribution is -0.142. The number of aromatic amines is 2. The highest BCUT2D eigenvalue weighted by Crippen LogP contribution is 2.31. The number of carbonyl (C=O) groups excluding carboxylic acids is 4. The molecule has 4 aromatic heterocycles. The predicted molar refractivity (Wildman–Crippen MR) is 218 cm³/mol. The zero-order chi connectivity index (χ0) is 41.0. The van der Waals surface area contributed by atoms with Crippen molar-refractivity contribution in [3.63, 3.8) is 0 Å². The number of aryl methyl sites for hydroxylation is 2. The van der Waals surface area contributed by atoms with Gasteiger partial charge in [-0.1, -0.05) is 24.3 Å². The molecule has 0 unspecified atom stereocenters. The minimum absolute atomic E-state index is 0. The number of ether oxygens (including phenoxy) is 2. The van der Waals surface area contributed by atoms with E-state index in [1.165, 1.54) is 14.2 Å². The summed E-state index contributed by atoms with van der Waals surface area (Å²) in [5, 5.41) is 8.73. The number of para-hydroxylation sites is 2. The van der Waals surface area contributed by atoms with Gasteiger partial charge < -0.3 is 41.1 Å². The molecule has 0 saturated heterocycles. The van der Waals surface area contributed by atoms with Crippen molar-refractivity contribution >= 4 is 64.0 Å². The van der Waals surface area contributed by atoms with Gasteiger partial charge in [-0.3, -0.25) is 14.4 Å². The number of rotatable bonds is 6. The highest BCUT2D eigenvalue weighted by atomic mass is 35.5. The van der Waals surface area contributed by atoms with Crippen LogP contribution in [0.5, 0.6) is 0 Å². The molecule has 58 heavy (non-hydrogen) atoms. The van der Waals surface area contributed by atoms with Crippen LogP contribution in [0.15, 0.2) is 48.5 Å². The second-order valence-electron chi connectivity index (χ2n) is 13.5. The lowest BCUT2D eigenvalue weighted by Gasteiger charge is -2.15. The molecule has 0 aliphatic carbocycles. The normalized spacial score (nSPS) is 13.8. The monoisotopic (exact) mass is 814 g/mol. The van der Waals surface area contributed by atoms with Gasteiger partial charge in [0, 0.05) is 59.8 Å². The van der Waals surface area contributed by atoms with Crippen LogP contribution in [0.25, 0.3) is 44.6 Å². The molecule has 2 aromatic carbocycles. The molecule has 2 aliphatic rings. The van der Waals surface area contributed by atoms with E-state index in [4.69, 9.17) is 15.5 Å². The van der Waals surface area contributed by atoms with Crippen LogP contribution in [-0.2, 0) is 31.9 Å². The Balaban J connectivity index is 0.000000191. The van der Waals surface area contributed by atoms with Crippen LogP contribution in [0.1, 0.15) is 57.3 Å². The van der Waals surface area contributed by atoms with E-state index in [1.54, 1.807) is 32.9 Å². The number of hydrogen-bond donors (Lipinski definition) is 6. The Morgan fingerprint density at radius 2 is 1.22 bits per heavy atom. The number of anilines is 1. The molecule has 7 N–H and O–H groups in total. The number of benzene rings is 2. The first-order valence-electron chi connectivity index (χ1n) is 18.2. The Morgan fingerprint density at radius 1 is 0.741 bits per heavy atom. The van der Waals surface area contributed by atoms with Crippen LogP contribution >= 0.6 is 12.4 Å². The van der Waals surface area contributed by atoms with E-state index in [-0.39, 0.29) is 41.9 Å². The van der Waals surface area contributed by atoms with Gasteiger partial charge in [0.1, 0.15) is 28.9 Å². The number of esters is 2. The zero-order valence-corrected chi connectivity index (χ0v) is 33.5. The second kappa shape index (κ2) is 18.2. The third kappa shape index (κ3) is 9.05. The van der Waals surface area contributed by atoms with E-state index in [0.717, 1.165) is 52.3 Å². The predicted octanol–water partition coefficient (Wildman–Crippen LogP) is 4.48. The smallest absolute Gasteiger partial charge is 0.328 e. The number of carbonyl (C=O) groups is 4. The second-order valence-corrected chi connectivity index (χ2v) is 13.5. The van der Waals surface area contributed by atoms with Crippen LogP contribution in [0.2, 0.25) is 0 Å². The molecule has 304 valence electrons. The molecule has 2 atom stereocenters. The number of fused-ring (bicyclic) bond motifs is 4. The van der Waals surface area contributed by atoms with Crippen molar-refractivity contribution in [3.8, 4) is 22.5 Å². The van der Waals surface area contributed by atoms with Gasteiger partial charge in [-0.2, -0.15) is 4.39 Å². The first-order valence-corrected chi connectivity index (χ1v) is 18.2. The maximum atomic E-state index is 13.8. The van der Waals surface area contributed by atoms with Gasteiger partial charge in [0.15, 0.2) is 0 Å². The number of halogens is 2. The highest BCUT2D eigenvalue weighted by molar-refractivity contribution is 6.00. The molecule has 8 rings (SSSR count). The van der Waals surface area contributed by atoms with E-state index < -0.39 is 18.0 Å². The number of methoxy groups -OCH3 is 2. The maximum Gasteiger partial charge on any atom is 0.328 e. The summed E-state index contributed by atoms with van der Waals surface area (Å²) in [6.45, 7) is 7.95. The summed E-state index contributed by atoms with van der Waals surface area (Å²) >= 11 is 0. The molecule has 2 aliphatic heterocycles. The fourth-order valence-corrected chi connectivity index (χ4v) is 6.39. The maximum absolute atomic E-state index is 13.8. The number of nitrogens with two attached hydrogens (primary N) is 1. The molecular formula is C40H44ClFN10O6. The largest absolute Gasteiger partial charge is 0.468 e. The van der Waals surface area contributed by atoms with E-state index >= 15 is 0 Å². The lowest BCUT2D eigenvalue weighted by atomic mass is 10.1. The molecule has 0 fully saturated rings. The van der Waals surface area contributed by atoms with E-state index in [1.807, 2.05) is 43.3 Å². The minimum atomic E-state index is -0.575. The first-order chi connectivity index (χ1) is 27.3. The lowest BCUT2D eigenvalue weighted by Crippen LogP contribution is -2.31. The standard InChI is InChI=1S/C20H21N5O3.C16H13FN4O.C4H9NO2.ClH/c1-10-18(23-11(2)20(27)28-3)25-17-12(5-4-6-15(17)22-10)16-9-13-14(24-16)7-8-21-19(13)26;1-8-15(17)21-14-9(3-2-4-12(14)19-8)13-7-10-11(20-13)5-6-18-16(10)22;1-3(5)4(6)7-2;/h4-6,9,11,24H,7-8H2,1-3H3,(H,21,26)(H,23,25);2-4,7,20H,5-6H2,1H3,(H,18,22);3H,5H2,1-2H3;1H/t11-;;3-;/m1.1./s1.